The first-order chi connectivity index (χ1) is 18.8. The molecule has 0 radical (unpaired) electrons. The van der Waals surface area contributed by atoms with E-state index in [-0.39, 0.29) is 17.7 Å². The molecule has 0 unspecified atom stereocenters. The molecule has 1 aromatic heterocycles. The molecule has 3 aromatic rings. The average molecular weight is 558 g/mol. The first-order valence-corrected chi connectivity index (χ1v) is 12.9. The molecule has 0 spiro atoms. The zero-order chi connectivity index (χ0) is 29.0. The molecule has 0 saturated carbocycles. The third-order valence-electron chi connectivity index (χ3n) is 6.82. The molecule has 0 bridgehead atoms. The third kappa shape index (κ3) is 4.73. The fraction of sp³-hybridized carbons (Fsp3) is 0.379. The number of carbonyl (C=O) groups is 1. The van der Waals surface area contributed by atoms with E-state index in [9.17, 15) is 23.1 Å². The number of hydrogen-bond acceptors (Lipinski definition) is 7. The van der Waals surface area contributed by atoms with E-state index in [2.05, 4.69) is 4.98 Å². The van der Waals surface area contributed by atoms with Gasteiger partial charge >= 0.3 is 12.3 Å². The summed E-state index contributed by atoms with van der Waals surface area (Å²) in [6, 6.07) is 4.90. The van der Waals surface area contributed by atoms with Crippen LogP contribution in [-0.4, -0.2) is 53.5 Å². The Hall–Kier alpha value is -4.15. The van der Waals surface area contributed by atoms with E-state index in [1.807, 2.05) is 11.8 Å². The van der Waals surface area contributed by atoms with Crippen molar-refractivity contribution >= 4 is 22.7 Å². The lowest BCUT2D eigenvalue weighted by Gasteiger charge is -2.40. The van der Waals surface area contributed by atoms with Gasteiger partial charge in [-0.15, -0.1) is 0 Å². The van der Waals surface area contributed by atoms with Gasteiger partial charge in [0.15, 0.2) is 5.75 Å². The van der Waals surface area contributed by atoms with Crippen LogP contribution >= 0.6 is 0 Å². The zero-order valence-corrected chi connectivity index (χ0v) is 22.8. The van der Waals surface area contributed by atoms with E-state index in [1.165, 1.54) is 30.3 Å². The van der Waals surface area contributed by atoms with Crippen molar-refractivity contribution in [3.8, 4) is 28.4 Å². The third-order valence-corrected chi connectivity index (χ3v) is 6.82. The minimum Gasteiger partial charge on any atom is -0.507 e. The van der Waals surface area contributed by atoms with Crippen LogP contribution in [0.2, 0.25) is 0 Å². The molecule has 2 aromatic carbocycles. The number of halogens is 3. The number of fused-ring (bicyclic) bond motifs is 5. The highest BCUT2D eigenvalue weighted by atomic mass is 19.4. The maximum Gasteiger partial charge on any atom is 0.417 e. The topological polar surface area (TPSA) is 84.4 Å². The van der Waals surface area contributed by atoms with Gasteiger partial charge in [0.2, 0.25) is 0 Å². The Balaban J connectivity index is 1.70. The normalized spacial score (nSPS) is 15.2. The maximum absolute atomic E-state index is 14.0. The van der Waals surface area contributed by atoms with Crippen molar-refractivity contribution in [1.82, 2.24) is 9.88 Å². The Kier molecular flexibility index (Phi) is 6.71. The number of aromatic hydroxyl groups is 1. The molecule has 0 fully saturated rings. The Morgan fingerprint density at radius 3 is 2.60 bits per heavy atom. The van der Waals surface area contributed by atoms with Gasteiger partial charge in [0.25, 0.3) is 0 Å². The second-order valence-electron chi connectivity index (χ2n) is 10.6. The molecule has 0 saturated heterocycles. The lowest BCUT2D eigenvalue weighted by Crippen LogP contribution is -2.45. The van der Waals surface area contributed by atoms with E-state index in [4.69, 9.17) is 14.2 Å². The molecule has 2 aliphatic rings. The quantitative estimate of drug-likeness (QED) is 0.394. The largest absolute Gasteiger partial charge is 0.507 e. The lowest BCUT2D eigenvalue weighted by molar-refractivity contribution is -0.137. The number of amides is 1. The van der Waals surface area contributed by atoms with E-state index < -0.39 is 29.2 Å². The van der Waals surface area contributed by atoms with Crippen molar-refractivity contribution in [2.45, 2.75) is 45.9 Å². The number of carbonyl (C=O) groups excluding carboxylic acids is 1. The highest BCUT2D eigenvalue weighted by molar-refractivity contribution is 6.04. The number of hydrogen-bond donors (Lipinski definition) is 1. The Morgan fingerprint density at radius 2 is 1.95 bits per heavy atom. The molecule has 8 nitrogen and oxygen atoms in total. The van der Waals surface area contributed by atoms with E-state index in [0.29, 0.717) is 58.9 Å². The molecule has 212 valence electrons. The van der Waals surface area contributed by atoms with Crippen LogP contribution in [0.1, 0.15) is 38.8 Å². The number of phenolic OH excluding ortho intramolecular Hbond substituents is 1. The van der Waals surface area contributed by atoms with Crippen LogP contribution in [0.15, 0.2) is 42.4 Å². The molecular formula is C29H30F3N3O5. The summed E-state index contributed by atoms with van der Waals surface area (Å²) in [6.45, 7) is 8.16. The summed E-state index contributed by atoms with van der Waals surface area (Å²) < 4.78 is 59.4. The van der Waals surface area contributed by atoms with Crippen molar-refractivity contribution in [2.75, 3.05) is 31.7 Å². The predicted molar refractivity (Wildman–Crippen MR) is 144 cm³/mol. The number of phenols is 1. The van der Waals surface area contributed by atoms with Gasteiger partial charge in [-0.25, -0.2) is 4.79 Å². The van der Waals surface area contributed by atoms with Gasteiger partial charge < -0.3 is 24.2 Å². The fourth-order valence-electron chi connectivity index (χ4n) is 5.21. The van der Waals surface area contributed by atoms with Gasteiger partial charge in [-0.05, 0) is 51.0 Å². The summed E-state index contributed by atoms with van der Waals surface area (Å²) in [4.78, 5) is 20.7. The minimum absolute atomic E-state index is 0.187. The summed E-state index contributed by atoms with van der Waals surface area (Å²) in [5, 5.41) is 11.2. The lowest BCUT2D eigenvalue weighted by atomic mass is 9.90. The Labute approximate surface area is 229 Å². The number of pyridine rings is 1. The van der Waals surface area contributed by atoms with Crippen LogP contribution < -0.4 is 14.4 Å². The molecule has 0 aliphatic carbocycles. The van der Waals surface area contributed by atoms with Crippen molar-refractivity contribution in [3.63, 3.8) is 0 Å². The summed E-state index contributed by atoms with van der Waals surface area (Å²) in [7, 11) is 1.45. The first-order valence-electron chi connectivity index (χ1n) is 12.9. The molecule has 2 aliphatic heterocycles. The van der Waals surface area contributed by atoms with Crippen molar-refractivity contribution in [1.29, 1.82) is 0 Å². The van der Waals surface area contributed by atoms with Crippen LogP contribution in [0.3, 0.4) is 0 Å². The van der Waals surface area contributed by atoms with Crippen LogP contribution in [0.4, 0.5) is 23.7 Å². The van der Waals surface area contributed by atoms with E-state index in [1.54, 1.807) is 33.0 Å². The Bertz CT molecular complexity index is 1530. The van der Waals surface area contributed by atoms with Gasteiger partial charge in [-0.3, -0.25) is 9.88 Å². The predicted octanol–water partition coefficient (Wildman–Crippen LogP) is 6.49. The molecule has 1 N–H and O–H groups in total. The second-order valence-corrected chi connectivity index (χ2v) is 10.6. The van der Waals surface area contributed by atoms with Crippen molar-refractivity contribution < 1.29 is 37.3 Å². The second kappa shape index (κ2) is 9.79. The number of nitrogens with zero attached hydrogens (tertiary/aromatic N) is 3. The first kappa shape index (κ1) is 27.4. The Morgan fingerprint density at radius 1 is 1.20 bits per heavy atom. The smallest absolute Gasteiger partial charge is 0.417 e. The fourth-order valence-corrected chi connectivity index (χ4v) is 5.21. The molecule has 5 rings (SSSR count). The SMILES string of the molecule is CCc1c(-c2c(O)cccc2C(F)(F)F)cc2ncc3c(c2c1OC)N1CCN(C(=O)OC(C)(C)C)C=C1CO3. The van der Waals surface area contributed by atoms with Gasteiger partial charge in [-0.2, -0.15) is 13.2 Å². The highest BCUT2D eigenvalue weighted by Crippen LogP contribution is 2.51. The van der Waals surface area contributed by atoms with Crippen LogP contribution in [-0.2, 0) is 17.3 Å². The molecule has 1 amide bonds. The number of methoxy groups -OCH3 is 1. The molecular weight excluding hydrogens is 527 g/mol. The van der Waals surface area contributed by atoms with Gasteiger partial charge in [0, 0.05) is 30.4 Å². The van der Waals surface area contributed by atoms with E-state index >= 15 is 0 Å². The van der Waals surface area contributed by atoms with Crippen LogP contribution in [0.5, 0.6) is 17.2 Å². The summed E-state index contributed by atoms with van der Waals surface area (Å²) in [5.41, 5.74) is 0.485. The van der Waals surface area contributed by atoms with Crippen LogP contribution in [0.25, 0.3) is 22.0 Å². The average Bonchev–Trinajstić information content (AvgIpc) is 2.89. The number of aromatic nitrogens is 1. The number of alkyl halides is 3. The van der Waals surface area contributed by atoms with Gasteiger partial charge in [-0.1, -0.05) is 13.0 Å². The summed E-state index contributed by atoms with van der Waals surface area (Å²) in [5.74, 6) is 0.341. The zero-order valence-electron chi connectivity index (χ0n) is 22.8. The maximum atomic E-state index is 14.0. The highest BCUT2D eigenvalue weighted by Gasteiger charge is 2.37. The van der Waals surface area contributed by atoms with Crippen molar-refractivity contribution in [3.05, 3.63) is 53.5 Å². The molecule has 3 heterocycles. The van der Waals surface area contributed by atoms with Crippen LogP contribution in [0, 0.1) is 0 Å². The number of benzene rings is 2. The van der Waals surface area contributed by atoms with Crippen molar-refractivity contribution in [2.24, 2.45) is 0 Å². The summed E-state index contributed by atoms with van der Waals surface area (Å²) in [6.07, 6.45) is -1.62. The standard InChI is InChI=1S/C29H30F3N3O5/c1-6-17-18(23-19(29(30,31)32)8-7-9-21(23)36)12-20-24(26(17)38-5)25-22(13-33-20)39-15-16-14-34(10-11-35(16)25)27(37)40-28(2,3)4/h7-9,12-14,36H,6,10-11,15H2,1-5H3. The van der Waals surface area contributed by atoms with Gasteiger partial charge in [0.1, 0.15) is 23.7 Å². The number of rotatable bonds is 3. The summed E-state index contributed by atoms with van der Waals surface area (Å²) >= 11 is 0. The monoisotopic (exact) mass is 557 g/mol. The number of anilines is 1. The molecule has 11 heteroatoms. The number of ether oxygens (including phenoxy) is 3. The molecule has 0 atom stereocenters. The molecule has 40 heavy (non-hydrogen) atoms. The minimum atomic E-state index is -4.69. The van der Waals surface area contributed by atoms with E-state index in [0.717, 1.165) is 6.07 Å². The van der Waals surface area contributed by atoms with Gasteiger partial charge in [0.05, 0.1) is 41.2 Å².